The average Bonchev–Trinajstić information content (AvgIpc) is 1.76. The van der Waals surface area contributed by atoms with Crippen molar-refractivity contribution in [1.82, 2.24) is 0 Å². The Balaban J connectivity index is 0.711. The summed E-state index contributed by atoms with van der Waals surface area (Å²) in [6.45, 7) is 5.68. The molecule has 6 heterocycles. The third kappa shape index (κ3) is 12.7. The normalized spacial score (nSPS) is 54.8. The fourth-order valence-electron chi connectivity index (χ4n) is 17.3. The van der Waals surface area contributed by atoms with Crippen molar-refractivity contribution in [3.8, 4) is 0 Å². The van der Waals surface area contributed by atoms with E-state index >= 15 is 0 Å². The second-order valence-electron chi connectivity index (χ2n) is 27.3. The van der Waals surface area contributed by atoms with Crippen molar-refractivity contribution in [1.29, 1.82) is 0 Å². The minimum Gasteiger partial charge on any atom is -0.394 e. The van der Waals surface area contributed by atoms with Crippen LogP contribution >= 0.6 is 0 Å². The lowest BCUT2D eigenvalue weighted by atomic mass is 9.44. The van der Waals surface area contributed by atoms with Crippen LogP contribution in [0.1, 0.15) is 91.9 Å². The molecule has 87 heavy (non-hydrogen) atoms. The van der Waals surface area contributed by atoms with Crippen molar-refractivity contribution in [3.05, 3.63) is 0 Å². The van der Waals surface area contributed by atoms with E-state index in [-0.39, 0.29) is 53.3 Å². The van der Waals surface area contributed by atoms with Crippen molar-refractivity contribution in [2.75, 3.05) is 46.8 Å². The largest absolute Gasteiger partial charge is 0.394 e. The van der Waals surface area contributed by atoms with E-state index in [9.17, 15) is 86.8 Å². The Labute approximate surface area is 504 Å². The molecule has 0 aromatic rings. The van der Waals surface area contributed by atoms with E-state index in [1.54, 1.807) is 7.11 Å². The van der Waals surface area contributed by atoms with Crippen LogP contribution in [0.5, 0.6) is 0 Å². The molecule has 0 radical (unpaired) electrons. The Hall–Kier alpha value is -1.16. The highest BCUT2D eigenvalue weighted by Crippen LogP contribution is 2.71. The number of hydrogen-bond donors (Lipinski definition) is 17. The molecule has 4 aliphatic carbocycles. The van der Waals surface area contributed by atoms with Gasteiger partial charge in [0.15, 0.2) is 37.2 Å². The molecule has 6 saturated heterocycles. The smallest absolute Gasteiger partial charge is 0.187 e. The molecule has 0 aromatic carbocycles. The monoisotopic (exact) mass is 1260 g/mol. The van der Waals surface area contributed by atoms with Gasteiger partial charge in [0.05, 0.1) is 51.8 Å². The molecule has 10 fully saturated rings. The van der Waals surface area contributed by atoms with Crippen LogP contribution in [0.4, 0.5) is 0 Å². The Morgan fingerprint density at radius 3 is 1.60 bits per heavy atom. The molecule has 0 amide bonds. The summed E-state index contributed by atoms with van der Waals surface area (Å²) >= 11 is 0. The van der Waals surface area contributed by atoms with Gasteiger partial charge in [-0.05, 0) is 104 Å². The number of ether oxygens (including phenoxy) is 12. The predicted molar refractivity (Wildman–Crippen MR) is 289 cm³/mol. The van der Waals surface area contributed by atoms with Crippen molar-refractivity contribution >= 4 is 0 Å². The zero-order valence-electron chi connectivity index (χ0n) is 49.9. The van der Waals surface area contributed by atoms with Crippen LogP contribution in [0.15, 0.2) is 0 Å². The van der Waals surface area contributed by atoms with E-state index in [0.717, 1.165) is 38.5 Å². The number of fused-ring (bicyclic) bond motifs is 7. The molecule has 37 atom stereocenters. The molecule has 0 aromatic heterocycles. The van der Waals surface area contributed by atoms with Gasteiger partial charge in [-0.2, -0.15) is 0 Å². The Bertz CT molecular complexity index is 2210. The van der Waals surface area contributed by atoms with E-state index in [4.69, 9.17) is 56.8 Å². The number of hydrogen-bond acceptors (Lipinski definition) is 29. The number of aliphatic hydroxyl groups is 17. The maximum absolute atomic E-state index is 11.6. The summed E-state index contributed by atoms with van der Waals surface area (Å²) in [6.07, 6.45) is -32.6. The van der Waals surface area contributed by atoms with Gasteiger partial charge >= 0.3 is 0 Å². The van der Waals surface area contributed by atoms with Gasteiger partial charge < -0.3 is 144 Å². The van der Waals surface area contributed by atoms with Gasteiger partial charge in [0, 0.05) is 19.4 Å². The number of methoxy groups -OCH3 is 1. The predicted octanol–water partition coefficient (Wildman–Crippen LogP) is -5.48. The molecule has 10 aliphatic rings. The van der Waals surface area contributed by atoms with Gasteiger partial charge in [0.1, 0.15) is 122 Å². The van der Waals surface area contributed by atoms with Crippen molar-refractivity contribution < 1.29 is 144 Å². The first kappa shape index (κ1) is 68.7. The van der Waals surface area contributed by atoms with Gasteiger partial charge in [0.25, 0.3) is 0 Å². The third-order valence-electron chi connectivity index (χ3n) is 22.5. The molecule has 504 valence electrons. The number of aliphatic hydroxyl groups excluding tert-OH is 17. The molecular formula is C58H98O29. The van der Waals surface area contributed by atoms with E-state index in [2.05, 4.69) is 20.8 Å². The second kappa shape index (κ2) is 27.7. The fraction of sp³-hybridized carbons (Fsp3) is 1.00. The zero-order valence-corrected chi connectivity index (χ0v) is 49.9. The summed E-state index contributed by atoms with van der Waals surface area (Å²) < 4.78 is 71.9. The molecule has 0 bridgehead atoms. The zero-order chi connectivity index (χ0) is 62.9. The Morgan fingerprint density at radius 2 is 0.977 bits per heavy atom. The highest BCUT2D eigenvalue weighted by Gasteiger charge is 2.69. The Morgan fingerprint density at radius 1 is 0.483 bits per heavy atom. The van der Waals surface area contributed by atoms with E-state index in [0.29, 0.717) is 43.4 Å². The summed E-state index contributed by atoms with van der Waals surface area (Å²) in [5.41, 5.74) is -0.00518. The third-order valence-corrected chi connectivity index (χ3v) is 22.5. The van der Waals surface area contributed by atoms with E-state index < -0.39 is 192 Å². The lowest BCUT2D eigenvalue weighted by Gasteiger charge is -2.61. The van der Waals surface area contributed by atoms with Gasteiger partial charge in [-0.1, -0.05) is 27.7 Å². The van der Waals surface area contributed by atoms with Crippen molar-refractivity contribution in [3.63, 3.8) is 0 Å². The first-order chi connectivity index (χ1) is 41.3. The molecule has 0 unspecified atom stereocenters. The summed E-state index contributed by atoms with van der Waals surface area (Å²) in [7, 11) is 1.69. The van der Waals surface area contributed by atoms with Crippen molar-refractivity contribution in [2.45, 2.75) is 263 Å². The van der Waals surface area contributed by atoms with Crippen LogP contribution < -0.4 is 0 Å². The van der Waals surface area contributed by atoms with Crippen LogP contribution in [-0.4, -0.2) is 305 Å². The molecule has 4 saturated carbocycles. The summed E-state index contributed by atoms with van der Waals surface area (Å²) in [5, 5.41) is 179. The maximum atomic E-state index is 11.6. The van der Waals surface area contributed by atoms with Gasteiger partial charge in [-0.3, -0.25) is 0 Å². The van der Waals surface area contributed by atoms with E-state index in [1.807, 2.05) is 6.92 Å². The first-order valence-corrected chi connectivity index (χ1v) is 31.3. The molecule has 17 N–H and O–H groups in total. The quantitative estimate of drug-likeness (QED) is 0.0506. The van der Waals surface area contributed by atoms with E-state index in [1.165, 1.54) is 0 Å². The molecule has 29 heteroatoms. The standard InChI is InChI=1S/C58H98O29/c1-22(20-77-51-46(73)42(69)39(66)34(84-51)21-78-52-45(72)40(67)36(63)30(16-59)80-52)8-13-58(76-5)23(2)35-29(87-58)15-28-26-7-6-24-14-25(9-11-56(24,3)27(26)10-12-57(28,35)4)79-53-48(75)44(71)49(33(19-62)83-53)85-55-50(43(70)38(65)32(18-61)82-55)86-54-47(74)41(68)37(64)31(17-60)81-54/h22-55,59-75H,6-21H2,1-5H3/t22-,23+,24-,25+,26-,27+,28+,29+,30-,31-,32-,33-,34-,35+,36-,37-,38-,39-,40+,41+,42+,43+,44-,45-,46-,47-,48-,49-,50-,51-,52-,53-,54+,55+,56+,57+,58-/m1/s1. The van der Waals surface area contributed by atoms with Crippen molar-refractivity contribution in [2.24, 2.45) is 52.3 Å². The number of rotatable bonds is 20. The van der Waals surface area contributed by atoms with Gasteiger partial charge in [0.2, 0.25) is 0 Å². The second-order valence-corrected chi connectivity index (χ2v) is 27.3. The first-order valence-electron chi connectivity index (χ1n) is 31.3. The minimum absolute atomic E-state index is 0.000961. The van der Waals surface area contributed by atoms with Crippen LogP contribution in [-0.2, 0) is 56.8 Å². The Kier molecular flexibility index (Phi) is 21.8. The van der Waals surface area contributed by atoms with Gasteiger partial charge in [-0.15, -0.1) is 0 Å². The van der Waals surface area contributed by atoms with Crippen LogP contribution in [0.3, 0.4) is 0 Å². The summed E-state index contributed by atoms with van der Waals surface area (Å²) in [4.78, 5) is 0. The summed E-state index contributed by atoms with van der Waals surface area (Å²) in [5.74, 6) is 0.980. The molecule has 10 rings (SSSR count). The lowest BCUT2D eigenvalue weighted by molar-refractivity contribution is -0.390. The highest BCUT2D eigenvalue weighted by atomic mass is 16.8. The molecule has 0 spiro atoms. The molecule has 6 aliphatic heterocycles. The minimum atomic E-state index is -1.93. The topological polar surface area (TPSA) is 455 Å². The summed E-state index contributed by atoms with van der Waals surface area (Å²) in [6, 6.07) is 0. The van der Waals surface area contributed by atoms with Crippen LogP contribution in [0.25, 0.3) is 0 Å². The van der Waals surface area contributed by atoms with Crippen LogP contribution in [0, 0.1) is 52.3 Å². The average molecular weight is 1260 g/mol. The maximum Gasteiger partial charge on any atom is 0.187 e. The molecule has 29 nitrogen and oxygen atoms in total. The van der Waals surface area contributed by atoms with Gasteiger partial charge in [-0.25, -0.2) is 0 Å². The SMILES string of the molecule is CO[C@]1(CC[C@@H](C)CO[C@@H]2O[C@H](CO[C@@H]3O[C@H](CO)[C@@H](O)[C@H](O)[C@H]3O)[C@@H](O)[C@H](O)[C@H]2O)O[C@H]2C[C@H]3[C@@H]4CC[C@@H]5C[C@@H](O[C@@H]6O[C@H](CO)[C@@H](O[C@@H]7O[C@H](CO)[C@@H](O)[C@H](O)[C@H]7O[C@@H]7O[C@H](CO)[C@@H](O)[C@H](O)[C@H]7O)[C@H](O)[C@H]6O)CC[C@]5(C)[C@H]4CC[C@]3(C)[C@H]2[C@@H]1C. The highest BCUT2D eigenvalue weighted by molar-refractivity contribution is 5.15. The molecular weight excluding hydrogens is 1160 g/mol. The fourth-order valence-corrected chi connectivity index (χ4v) is 17.3. The lowest BCUT2D eigenvalue weighted by Crippen LogP contribution is -2.67. The van der Waals surface area contributed by atoms with Crippen LogP contribution in [0.2, 0.25) is 0 Å².